The van der Waals surface area contributed by atoms with Crippen molar-refractivity contribution in [1.29, 1.82) is 0 Å². The van der Waals surface area contributed by atoms with E-state index in [4.69, 9.17) is 9.90 Å². The normalized spacial score (nSPS) is 11.3. The Kier molecular flexibility index (Phi) is 6.04. The molecule has 0 aliphatic carbocycles. The van der Waals surface area contributed by atoms with Crippen molar-refractivity contribution >= 4 is 33.1 Å². The Bertz CT molecular complexity index is 761. The molecule has 0 aliphatic rings. The van der Waals surface area contributed by atoms with Gasteiger partial charge in [-0.05, 0) is 24.6 Å². The molecule has 2 aromatic heterocycles. The number of aromatic nitrogens is 2. The van der Waals surface area contributed by atoms with Crippen molar-refractivity contribution in [3.05, 3.63) is 34.8 Å². The molecule has 2 rings (SSSR count). The summed E-state index contributed by atoms with van der Waals surface area (Å²) in [7, 11) is -3.62. The second kappa shape index (κ2) is 7.37. The summed E-state index contributed by atoms with van der Waals surface area (Å²) in [5.41, 5.74) is 2.40. The van der Waals surface area contributed by atoms with E-state index in [9.17, 15) is 21.6 Å². The number of nitrogens with one attached hydrogen (secondary N) is 1. The minimum atomic E-state index is -5.08. The van der Waals surface area contributed by atoms with Gasteiger partial charge in [0, 0.05) is 11.6 Å². The quantitative estimate of drug-likeness (QED) is 0.859. The van der Waals surface area contributed by atoms with Crippen LogP contribution in [0.25, 0.3) is 0 Å². The van der Waals surface area contributed by atoms with Gasteiger partial charge in [-0.25, -0.2) is 14.8 Å². The van der Waals surface area contributed by atoms with E-state index >= 15 is 0 Å². The highest BCUT2D eigenvalue weighted by atomic mass is 32.2. The molecule has 2 heterocycles. The molecule has 7 nitrogen and oxygen atoms in total. The van der Waals surface area contributed by atoms with Gasteiger partial charge in [0.05, 0.1) is 5.51 Å². The molecular weight excluding hydrogens is 359 g/mol. The first kappa shape index (κ1) is 18.8. The van der Waals surface area contributed by atoms with E-state index in [-0.39, 0.29) is 5.03 Å². The van der Waals surface area contributed by atoms with Crippen LogP contribution < -0.4 is 4.72 Å². The number of hydrogen-bond acceptors (Lipinski definition) is 6. The largest absolute Gasteiger partial charge is 0.490 e. The number of alkyl halides is 3. The van der Waals surface area contributed by atoms with E-state index in [2.05, 4.69) is 14.7 Å². The number of pyridine rings is 1. The first-order chi connectivity index (χ1) is 10.5. The molecule has 0 aliphatic heterocycles. The highest BCUT2D eigenvalue weighted by Crippen LogP contribution is 2.14. The monoisotopic (exact) mass is 369 g/mol. The lowest BCUT2D eigenvalue weighted by Gasteiger charge is -2.04. The SMILES string of the molecule is Cc1ccnc(S(=O)(=O)Nc2cscn2)c1.O=C(O)C(F)(F)F. The fraction of sp³-hybridized carbons (Fsp3) is 0.182. The van der Waals surface area contributed by atoms with Crippen LogP contribution in [-0.4, -0.2) is 35.6 Å². The van der Waals surface area contributed by atoms with E-state index in [1.54, 1.807) is 17.0 Å². The van der Waals surface area contributed by atoms with Gasteiger partial charge in [-0.3, -0.25) is 4.72 Å². The van der Waals surface area contributed by atoms with Crippen LogP contribution in [0, 0.1) is 6.92 Å². The Balaban J connectivity index is 0.000000322. The molecule has 2 N–H and O–H groups in total. The van der Waals surface area contributed by atoms with Crippen molar-refractivity contribution in [2.24, 2.45) is 0 Å². The molecule has 0 saturated heterocycles. The zero-order chi connectivity index (χ0) is 17.7. The van der Waals surface area contributed by atoms with Gasteiger partial charge in [0.2, 0.25) is 0 Å². The fourth-order valence-corrected chi connectivity index (χ4v) is 2.70. The number of hydrogen-bond donors (Lipinski definition) is 2. The number of carboxylic acid groups (broad SMARTS) is 1. The third-order valence-corrected chi connectivity index (χ3v) is 3.92. The van der Waals surface area contributed by atoms with Crippen molar-refractivity contribution in [3.8, 4) is 0 Å². The number of halogens is 3. The number of sulfonamides is 1. The minimum absolute atomic E-state index is 0.000463. The molecule has 0 aromatic carbocycles. The van der Waals surface area contributed by atoms with E-state index in [0.29, 0.717) is 5.82 Å². The van der Waals surface area contributed by atoms with Gasteiger partial charge in [-0.1, -0.05) is 0 Å². The maximum atomic E-state index is 11.8. The van der Waals surface area contributed by atoms with Gasteiger partial charge >= 0.3 is 12.1 Å². The fourth-order valence-electron chi connectivity index (χ4n) is 1.11. The maximum Gasteiger partial charge on any atom is 0.490 e. The lowest BCUT2D eigenvalue weighted by atomic mass is 10.3. The summed E-state index contributed by atoms with van der Waals surface area (Å²) >= 11 is 1.32. The summed E-state index contributed by atoms with van der Waals surface area (Å²) in [4.78, 5) is 16.6. The van der Waals surface area contributed by atoms with Gasteiger partial charge in [0.25, 0.3) is 10.0 Å². The Hall–Kier alpha value is -2.21. The minimum Gasteiger partial charge on any atom is -0.475 e. The zero-order valence-corrected chi connectivity index (χ0v) is 13.0. The van der Waals surface area contributed by atoms with Crippen molar-refractivity contribution in [1.82, 2.24) is 9.97 Å². The van der Waals surface area contributed by atoms with Crippen LogP contribution in [0.5, 0.6) is 0 Å². The number of anilines is 1. The summed E-state index contributed by atoms with van der Waals surface area (Å²) in [6.07, 6.45) is -3.62. The molecule has 0 atom stereocenters. The van der Waals surface area contributed by atoms with Gasteiger partial charge in [0.15, 0.2) is 10.8 Å². The molecule has 0 bridgehead atoms. The van der Waals surface area contributed by atoms with E-state index in [1.165, 1.54) is 23.6 Å². The highest BCUT2D eigenvalue weighted by Gasteiger charge is 2.38. The summed E-state index contributed by atoms with van der Waals surface area (Å²) < 4.78 is 57.8. The van der Waals surface area contributed by atoms with Crippen molar-refractivity contribution in [2.45, 2.75) is 18.1 Å². The summed E-state index contributed by atoms with van der Waals surface area (Å²) in [5.74, 6) is -2.44. The summed E-state index contributed by atoms with van der Waals surface area (Å²) in [6, 6.07) is 3.25. The predicted molar refractivity (Wildman–Crippen MR) is 75.6 cm³/mol. The number of rotatable bonds is 3. The summed E-state index contributed by atoms with van der Waals surface area (Å²) in [5, 5.41) is 8.74. The van der Waals surface area contributed by atoms with Crippen LogP contribution in [0.4, 0.5) is 19.0 Å². The number of carbonyl (C=O) groups is 1. The number of carboxylic acids is 1. The van der Waals surface area contributed by atoms with Crippen molar-refractivity contribution < 1.29 is 31.5 Å². The first-order valence-corrected chi connectivity index (χ1v) is 8.09. The second-order valence-corrected chi connectivity index (χ2v) is 6.30. The number of thiazole rings is 1. The molecule has 2 aromatic rings. The number of aliphatic carboxylic acids is 1. The molecule has 12 heteroatoms. The van der Waals surface area contributed by atoms with Gasteiger partial charge in [-0.2, -0.15) is 21.6 Å². The summed E-state index contributed by atoms with van der Waals surface area (Å²) in [6.45, 7) is 1.81. The molecule has 126 valence electrons. The van der Waals surface area contributed by atoms with E-state index < -0.39 is 22.2 Å². The molecule has 0 spiro atoms. The highest BCUT2D eigenvalue weighted by molar-refractivity contribution is 7.92. The number of aryl methyl sites for hydroxylation is 1. The topological polar surface area (TPSA) is 109 Å². The van der Waals surface area contributed by atoms with Gasteiger partial charge < -0.3 is 5.11 Å². The average Bonchev–Trinajstić information content (AvgIpc) is 2.90. The zero-order valence-electron chi connectivity index (χ0n) is 11.4. The molecule has 0 fully saturated rings. The smallest absolute Gasteiger partial charge is 0.475 e. The lowest BCUT2D eigenvalue weighted by Crippen LogP contribution is -2.21. The van der Waals surface area contributed by atoms with Gasteiger partial charge in [0.1, 0.15) is 0 Å². The Morgan fingerprint density at radius 1 is 1.35 bits per heavy atom. The van der Waals surface area contributed by atoms with E-state index in [0.717, 1.165) is 5.56 Å². The van der Waals surface area contributed by atoms with Crippen LogP contribution in [0.1, 0.15) is 5.56 Å². The number of nitrogens with zero attached hydrogens (tertiary/aromatic N) is 2. The van der Waals surface area contributed by atoms with Crippen LogP contribution in [0.2, 0.25) is 0 Å². The van der Waals surface area contributed by atoms with E-state index in [1.807, 2.05) is 6.92 Å². The molecule has 0 radical (unpaired) electrons. The maximum absolute atomic E-state index is 11.8. The van der Waals surface area contributed by atoms with Crippen molar-refractivity contribution in [3.63, 3.8) is 0 Å². The molecule has 0 saturated carbocycles. The first-order valence-electron chi connectivity index (χ1n) is 5.66. The third kappa shape index (κ3) is 6.20. The predicted octanol–water partition coefficient (Wildman–Crippen LogP) is 2.28. The average molecular weight is 369 g/mol. The molecule has 23 heavy (non-hydrogen) atoms. The molecule has 0 unspecified atom stereocenters. The van der Waals surface area contributed by atoms with Crippen LogP contribution in [-0.2, 0) is 14.8 Å². The van der Waals surface area contributed by atoms with Crippen LogP contribution >= 0.6 is 11.3 Å². The Morgan fingerprint density at radius 2 is 1.96 bits per heavy atom. The Labute approximate surface area is 132 Å². The van der Waals surface area contributed by atoms with Gasteiger partial charge in [-0.15, -0.1) is 11.3 Å². The standard InChI is InChI=1S/C9H9N3O2S2.C2HF3O2/c1-7-2-3-10-9(4-7)16(13,14)12-8-5-15-6-11-8;3-2(4,5)1(6)7/h2-6,12H,1H3;(H,6,7). The third-order valence-electron chi connectivity index (χ3n) is 2.08. The van der Waals surface area contributed by atoms with Crippen LogP contribution in [0.3, 0.4) is 0 Å². The Morgan fingerprint density at radius 3 is 2.39 bits per heavy atom. The molecule has 0 amide bonds. The lowest BCUT2D eigenvalue weighted by molar-refractivity contribution is -0.192. The van der Waals surface area contributed by atoms with Crippen molar-refractivity contribution in [2.75, 3.05) is 4.72 Å². The molecular formula is C11H10F3N3O4S2. The second-order valence-electron chi connectivity index (χ2n) is 3.95. The van der Waals surface area contributed by atoms with Crippen LogP contribution in [0.15, 0.2) is 34.2 Å².